The van der Waals surface area contributed by atoms with Crippen LogP contribution in [0.5, 0.6) is 0 Å². The lowest BCUT2D eigenvalue weighted by Crippen LogP contribution is -2.48. The van der Waals surface area contributed by atoms with Gasteiger partial charge in [-0.2, -0.15) is 0 Å². The minimum Gasteiger partial charge on any atom is -0.354 e. The summed E-state index contributed by atoms with van der Waals surface area (Å²) in [6.07, 6.45) is 0.816. The van der Waals surface area contributed by atoms with Crippen molar-refractivity contribution in [3.63, 3.8) is 0 Å². The molecule has 1 aliphatic rings. The van der Waals surface area contributed by atoms with Crippen LogP contribution in [0.2, 0.25) is 5.15 Å². The normalized spacial score (nSPS) is 16.9. The SMILES string of the molecule is CCc1nc(Cl)cc(N2CCN(CCN(C)C)CC2)n1. The highest BCUT2D eigenvalue weighted by molar-refractivity contribution is 6.29. The van der Waals surface area contributed by atoms with Gasteiger partial charge in [0.1, 0.15) is 16.8 Å². The van der Waals surface area contributed by atoms with Crippen molar-refractivity contribution in [2.24, 2.45) is 0 Å². The number of hydrogen-bond acceptors (Lipinski definition) is 5. The summed E-state index contributed by atoms with van der Waals surface area (Å²) in [7, 11) is 4.23. The Bertz CT molecular complexity index is 430. The fourth-order valence-corrected chi connectivity index (χ4v) is 2.51. The molecule has 20 heavy (non-hydrogen) atoms. The number of nitrogens with zero attached hydrogens (tertiary/aromatic N) is 5. The van der Waals surface area contributed by atoms with Crippen LogP contribution in [0, 0.1) is 0 Å². The molecule has 1 aromatic rings. The van der Waals surface area contributed by atoms with Gasteiger partial charge in [0.15, 0.2) is 0 Å². The average molecular weight is 298 g/mol. The molecular formula is C14H24ClN5. The van der Waals surface area contributed by atoms with E-state index in [1.165, 1.54) is 0 Å². The van der Waals surface area contributed by atoms with E-state index < -0.39 is 0 Å². The quantitative estimate of drug-likeness (QED) is 0.767. The number of aromatic nitrogens is 2. The first kappa shape index (κ1) is 15.5. The van der Waals surface area contributed by atoms with E-state index >= 15 is 0 Å². The van der Waals surface area contributed by atoms with E-state index in [-0.39, 0.29) is 0 Å². The van der Waals surface area contributed by atoms with Gasteiger partial charge >= 0.3 is 0 Å². The molecule has 0 aromatic carbocycles. The summed E-state index contributed by atoms with van der Waals surface area (Å²) in [5, 5.41) is 0.543. The fourth-order valence-electron chi connectivity index (χ4n) is 2.31. The fraction of sp³-hybridized carbons (Fsp3) is 0.714. The van der Waals surface area contributed by atoms with Crippen molar-refractivity contribution in [1.82, 2.24) is 19.8 Å². The van der Waals surface area contributed by atoms with Crippen LogP contribution in [0.1, 0.15) is 12.7 Å². The molecule has 0 amide bonds. The third-order valence-electron chi connectivity index (χ3n) is 3.60. The maximum Gasteiger partial charge on any atom is 0.134 e. The smallest absolute Gasteiger partial charge is 0.134 e. The van der Waals surface area contributed by atoms with E-state index in [0.717, 1.165) is 57.3 Å². The van der Waals surface area contributed by atoms with Gasteiger partial charge in [0.05, 0.1) is 0 Å². The third kappa shape index (κ3) is 4.30. The number of rotatable bonds is 5. The van der Waals surface area contributed by atoms with Gasteiger partial charge in [-0.3, -0.25) is 4.90 Å². The summed E-state index contributed by atoms with van der Waals surface area (Å²) >= 11 is 6.07. The Kier molecular flexibility index (Phi) is 5.57. The van der Waals surface area contributed by atoms with Crippen LogP contribution < -0.4 is 4.90 Å². The van der Waals surface area contributed by atoms with E-state index in [1.54, 1.807) is 0 Å². The van der Waals surface area contributed by atoms with Crippen molar-refractivity contribution >= 4 is 17.4 Å². The molecule has 0 unspecified atom stereocenters. The van der Waals surface area contributed by atoms with E-state index in [2.05, 4.69) is 45.7 Å². The molecule has 0 saturated carbocycles. The molecule has 0 spiro atoms. The van der Waals surface area contributed by atoms with Gasteiger partial charge in [-0.1, -0.05) is 18.5 Å². The summed E-state index contributed by atoms with van der Waals surface area (Å²) < 4.78 is 0. The molecule has 1 aromatic heterocycles. The first-order chi connectivity index (χ1) is 9.58. The Labute approximate surface area is 126 Å². The Morgan fingerprint density at radius 2 is 1.90 bits per heavy atom. The van der Waals surface area contributed by atoms with Crippen LogP contribution in [0.25, 0.3) is 0 Å². The Hall–Kier alpha value is -0.910. The van der Waals surface area contributed by atoms with Crippen molar-refractivity contribution in [2.75, 3.05) is 58.3 Å². The summed E-state index contributed by atoms with van der Waals surface area (Å²) in [5.74, 6) is 1.79. The van der Waals surface area contributed by atoms with Gasteiger partial charge in [0, 0.05) is 51.8 Å². The van der Waals surface area contributed by atoms with Crippen molar-refractivity contribution in [1.29, 1.82) is 0 Å². The number of likely N-dealkylation sites (N-methyl/N-ethyl adjacent to an activating group) is 1. The Morgan fingerprint density at radius 1 is 1.20 bits per heavy atom. The molecule has 1 fully saturated rings. The molecule has 6 heteroatoms. The van der Waals surface area contributed by atoms with Gasteiger partial charge in [0.2, 0.25) is 0 Å². The van der Waals surface area contributed by atoms with Gasteiger partial charge in [0.25, 0.3) is 0 Å². The van der Waals surface area contributed by atoms with Crippen LogP contribution in [0.3, 0.4) is 0 Å². The molecule has 5 nitrogen and oxygen atoms in total. The highest BCUT2D eigenvalue weighted by Gasteiger charge is 2.18. The second-order valence-corrected chi connectivity index (χ2v) is 5.84. The standard InChI is InChI=1S/C14H24ClN5/c1-4-13-16-12(15)11-14(17-13)20-9-7-19(8-10-20)6-5-18(2)3/h11H,4-10H2,1-3H3. The zero-order valence-corrected chi connectivity index (χ0v) is 13.4. The molecule has 0 bridgehead atoms. The molecule has 0 aliphatic carbocycles. The largest absolute Gasteiger partial charge is 0.354 e. The molecule has 0 N–H and O–H groups in total. The molecule has 2 heterocycles. The summed E-state index contributed by atoms with van der Waals surface area (Å²) in [6, 6.07) is 1.87. The zero-order valence-electron chi connectivity index (χ0n) is 12.6. The van der Waals surface area contributed by atoms with E-state index in [1.807, 2.05) is 6.07 Å². The second-order valence-electron chi connectivity index (χ2n) is 5.45. The third-order valence-corrected chi connectivity index (χ3v) is 3.80. The van der Waals surface area contributed by atoms with Crippen molar-refractivity contribution in [2.45, 2.75) is 13.3 Å². The van der Waals surface area contributed by atoms with Crippen LogP contribution >= 0.6 is 11.6 Å². The van der Waals surface area contributed by atoms with Gasteiger partial charge < -0.3 is 9.80 Å². The monoisotopic (exact) mass is 297 g/mol. The predicted octanol–water partition coefficient (Wildman–Crippen LogP) is 1.38. The molecule has 1 saturated heterocycles. The van der Waals surface area contributed by atoms with Gasteiger partial charge in [-0.25, -0.2) is 9.97 Å². The topological polar surface area (TPSA) is 35.5 Å². The van der Waals surface area contributed by atoms with Gasteiger partial charge in [-0.05, 0) is 14.1 Å². The molecule has 0 atom stereocenters. The number of halogens is 1. The first-order valence-electron chi connectivity index (χ1n) is 7.24. The molecule has 2 rings (SSSR count). The van der Waals surface area contributed by atoms with Crippen molar-refractivity contribution < 1.29 is 0 Å². The average Bonchev–Trinajstić information content (AvgIpc) is 2.45. The Balaban J connectivity index is 1.91. The number of aryl methyl sites for hydroxylation is 1. The minimum atomic E-state index is 0.543. The molecular weight excluding hydrogens is 274 g/mol. The van der Waals surface area contributed by atoms with E-state index in [9.17, 15) is 0 Å². The first-order valence-corrected chi connectivity index (χ1v) is 7.61. The number of hydrogen-bond donors (Lipinski definition) is 0. The number of piperazine rings is 1. The summed E-state index contributed by atoms with van der Waals surface area (Å²) in [5.41, 5.74) is 0. The predicted molar refractivity (Wildman–Crippen MR) is 83.6 cm³/mol. The second kappa shape index (κ2) is 7.20. The maximum atomic E-state index is 6.07. The lowest BCUT2D eigenvalue weighted by molar-refractivity contribution is 0.229. The molecule has 1 aliphatic heterocycles. The van der Waals surface area contributed by atoms with Crippen molar-refractivity contribution in [3.05, 3.63) is 17.0 Å². The minimum absolute atomic E-state index is 0.543. The zero-order chi connectivity index (χ0) is 14.5. The van der Waals surface area contributed by atoms with Gasteiger partial charge in [-0.15, -0.1) is 0 Å². The Morgan fingerprint density at radius 3 is 2.50 bits per heavy atom. The highest BCUT2D eigenvalue weighted by Crippen LogP contribution is 2.18. The van der Waals surface area contributed by atoms with E-state index in [4.69, 9.17) is 11.6 Å². The van der Waals surface area contributed by atoms with Crippen LogP contribution in [0.15, 0.2) is 6.07 Å². The lowest BCUT2D eigenvalue weighted by atomic mass is 10.3. The van der Waals surface area contributed by atoms with Crippen LogP contribution in [0.4, 0.5) is 5.82 Å². The molecule has 112 valence electrons. The van der Waals surface area contributed by atoms with Crippen LogP contribution in [-0.4, -0.2) is 73.1 Å². The molecule has 0 radical (unpaired) electrons. The summed E-state index contributed by atoms with van der Waals surface area (Å²) in [4.78, 5) is 15.8. The van der Waals surface area contributed by atoms with Crippen LogP contribution in [-0.2, 0) is 6.42 Å². The summed E-state index contributed by atoms with van der Waals surface area (Å²) in [6.45, 7) is 8.46. The van der Waals surface area contributed by atoms with E-state index in [0.29, 0.717) is 5.15 Å². The maximum absolute atomic E-state index is 6.07. The van der Waals surface area contributed by atoms with Crippen molar-refractivity contribution in [3.8, 4) is 0 Å². The highest BCUT2D eigenvalue weighted by atomic mass is 35.5. The number of anilines is 1. The lowest BCUT2D eigenvalue weighted by Gasteiger charge is -2.35.